The molecular weight excluding hydrogens is 236 g/mol. The Morgan fingerprint density at radius 2 is 1.95 bits per heavy atom. The van der Waals surface area contributed by atoms with Gasteiger partial charge in [-0.15, -0.1) is 0 Å². The molecule has 0 saturated heterocycles. The minimum absolute atomic E-state index is 0.820. The van der Waals surface area contributed by atoms with Crippen molar-refractivity contribution in [3.8, 4) is 0 Å². The van der Waals surface area contributed by atoms with Crippen LogP contribution in [0.15, 0.2) is 30.3 Å². The fourth-order valence-electron chi connectivity index (χ4n) is 2.56. The molecule has 0 unspecified atom stereocenters. The van der Waals surface area contributed by atoms with Crippen LogP contribution in [0, 0.1) is 13.8 Å². The molecule has 0 atom stereocenters. The summed E-state index contributed by atoms with van der Waals surface area (Å²) in [6, 6.07) is 10.4. The molecule has 0 bridgehead atoms. The quantitative estimate of drug-likeness (QED) is 0.720. The van der Waals surface area contributed by atoms with Crippen molar-refractivity contribution in [3.05, 3.63) is 47.5 Å². The molecule has 4 heteroatoms. The summed E-state index contributed by atoms with van der Waals surface area (Å²) in [6.07, 6.45) is 0. The van der Waals surface area contributed by atoms with Crippen LogP contribution in [0.3, 0.4) is 0 Å². The first-order valence-electron chi connectivity index (χ1n) is 6.64. The Balaban J connectivity index is 2.07. The van der Waals surface area contributed by atoms with E-state index in [1.165, 1.54) is 11.2 Å². The van der Waals surface area contributed by atoms with Gasteiger partial charge in [-0.25, -0.2) is 4.98 Å². The van der Waals surface area contributed by atoms with E-state index in [9.17, 15) is 0 Å². The van der Waals surface area contributed by atoms with Crippen LogP contribution in [-0.4, -0.2) is 19.3 Å². The maximum Gasteiger partial charge on any atom is 0.107 e. The number of para-hydroxylation sites is 2. The van der Waals surface area contributed by atoms with E-state index < -0.39 is 0 Å². The first-order valence-corrected chi connectivity index (χ1v) is 6.64. The number of rotatable bonds is 3. The van der Waals surface area contributed by atoms with Gasteiger partial charge in [-0.2, -0.15) is 5.10 Å². The summed E-state index contributed by atoms with van der Waals surface area (Å²) in [5, 5.41) is 4.50. The predicted molar refractivity (Wildman–Crippen MR) is 76.2 cm³/mol. The highest BCUT2D eigenvalue weighted by atomic mass is 15.3. The van der Waals surface area contributed by atoms with Crippen molar-refractivity contribution in [1.82, 2.24) is 19.3 Å². The molecule has 0 amide bonds. The molecule has 0 spiro atoms. The lowest BCUT2D eigenvalue weighted by molar-refractivity contribution is 0.597. The SMILES string of the molecule is CCn1nc(C)cc1Cn1c(C)nc2ccccc21. The molecule has 3 rings (SSSR count). The van der Waals surface area contributed by atoms with Gasteiger partial charge >= 0.3 is 0 Å². The number of benzene rings is 1. The summed E-state index contributed by atoms with van der Waals surface area (Å²) < 4.78 is 4.31. The molecule has 4 nitrogen and oxygen atoms in total. The largest absolute Gasteiger partial charge is 0.322 e. The van der Waals surface area contributed by atoms with E-state index in [-0.39, 0.29) is 0 Å². The molecule has 0 fully saturated rings. The van der Waals surface area contributed by atoms with E-state index in [1.54, 1.807) is 0 Å². The zero-order valence-electron chi connectivity index (χ0n) is 11.6. The Labute approximate surface area is 112 Å². The number of imidazole rings is 1. The third-order valence-electron chi connectivity index (χ3n) is 3.45. The Hall–Kier alpha value is -2.10. The average Bonchev–Trinajstić information content (AvgIpc) is 2.91. The molecule has 0 aliphatic rings. The fraction of sp³-hybridized carbons (Fsp3) is 0.333. The van der Waals surface area contributed by atoms with Crippen molar-refractivity contribution < 1.29 is 0 Å². The molecule has 0 aliphatic heterocycles. The number of aryl methyl sites for hydroxylation is 3. The van der Waals surface area contributed by atoms with Crippen molar-refractivity contribution >= 4 is 11.0 Å². The lowest BCUT2D eigenvalue weighted by Crippen LogP contribution is -2.09. The standard InChI is InChI=1S/C15H18N4/c1-4-19-13(9-11(2)17-19)10-18-12(3)16-14-7-5-6-8-15(14)18/h5-9H,4,10H2,1-3H3. The minimum Gasteiger partial charge on any atom is -0.322 e. The molecule has 2 heterocycles. The first kappa shape index (κ1) is 12.0. The topological polar surface area (TPSA) is 35.6 Å². The number of hydrogen-bond acceptors (Lipinski definition) is 2. The highest BCUT2D eigenvalue weighted by molar-refractivity contribution is 5.75. The van der Waals surface area contributed by atoms with Crippen molar-refractivity contribution in [2.45, 2.75) is 33.9 Å². The predicted octanol–water partition coefficient (Wildman–Crippen LogP) is 2.92. The molecule has 2 aromatic heterocycles. The van der Waals surface area contributed by atoms with Gasteiger partial charge in [0.1, 0.15) is 5.82 Å². The summed E-state index contributed by atoms with van der Waals surface area (Å²) in [5.41, 5.74) is 4.53. The van der Waals surface area contributed by atoms with Crippen molar-refractivity contribution in [1.29, 1.82) is 0 Å². The molecule has 3 aromatic rings. The van der Waals surface area contributed by atoms with Crippen molar-refractivity contribution in [2.24, 2.45) is 0 Å². The lowest BCUT2D eigenvalue weighted by atomic mass is 10.3. The molecule has 0 saturated carbocycles. The van der Waals surface area contributed by atoms with E-state index in [0.29, 0.717) is 0 Å². The normalized spacial score (nSPS) is 11.3. The van der Waals surface area contributed by atoms with Gasteiger partial charge in [0.15, 0.2) is 0 Å². The molecule has 0 radical (unpaired) electrons. The summed E-state index contributed by atoms with van der Waals surface area (Å²) in [6.45, 7) is 7.93. The van der Waals surface area contributed by atoms with Gasteiger partial charge in [-0.3, -0.25) is 4.68 Å². The monoisotopic (exact) mass is 254 g/mol. The molecule has 0 N–H and O–H groups in total. The molecule has 1 aromatic carbocycles. The van der Waals surface area contributed by atoms with Crippen LogP contribution < -0.4 is 0 Å². The van der Waals surface area contributed by atoms with Gasteiger partial charge in [0.2, 0.25) is 0 Å². The Morgan fingerprint density at radius 1 is 1.16 bits per heavy atom. The smallest absolute Gasteiger partial charge is 0.107 e. The Morgan fingerprint density at radius 3 is 2.74 bits per heavy atom. The van der Waals surface area contributed by atoms with E-state index in [2.05, 4.69) is 57.4 Å². The van der Waals surface area contributed by atoms with Crippen molar-refractivity contribution in [2.75, 3.05) is 0 Å². The van der Waals surface area contributed by atoms with Crippen LogP contribution >= 0.6 is 0 Å². The summed E-state index contributed by atoms with van der Waals surface area (Å²) in [7, 11) is 0. The van der Waals surface area contributed by atoms with Gasteiger partial charge in [0, 0.05) is 6.54 Å². The molecule has 0 aliphatic carbocycles. The molecule has 98 valence electrons. The minimum atomic E-state index is 0.820. The maximum atomic E-state index is 4.60. The third-order valence-corrected chi connectivity index (χ3v) is 3.45. The van der Waals surface area contributed by atoms with Gasteiger partial charge in [-0.05, 0) is 39.0 Å². The average molecular weight is 254 g/mol. The van der Waals surface area contributed by atoms with E-state index in [1.807, 2.05) is 13.0 Å². The third kappa shape index (κ3) is 2.03. The van der Waals surface area contributed by atoms with Gasteiger partial charge < -0.3 is 4.57 Å². The summed E-state index contributed by atoms with van der Waals surface area (Å²) in [5.74, 6) is 1.04. The highest BCUT2D eigenvalue weighted by Crippen LogP contribution is 2.17. The van der Waals surface area contributed by atoms with E-state index in [0.717, 1.165) is 30.1 Å². The van der Waals surface area contributed by atoms with E-state index >= 15 is 0 Å². The number of nitrogens with zero attached hydrogens (tertiary/aromatic N) is 4. The number of aromatic nitrogens is 4. The zero-order chi connectivity index (χ0) is 13.4. The Kier molecular flexibility index (Phi) is 2.85. The van der Waals surface area contributed by atoms with E-state index in [4.69, 9.17) is 0 Å². The van der Waals surface area contributed by atoms with Crippen LogP contribution in [0.4, 0.5) is 0 Å². The van der Waals surface area contributed by atoms with Crippen LogP contribution in [-0.2, 0) is 13.1 Å². The molecule has 19 heavy (non-hydrogen) atoms. The second kappa shape index (κ2) is 4.53. The second-order valence-corrected chi connectivity index (χ2v) is 4.83. The molecular formula is C15H18N4. The van der Waals surface area contributed by atoms with Gasteiger partial charge in [0.05, 0.1) is 29.0 Å². The van der Waals surface area contributed by atoms with Crippen molar-refractivity contribution in [3.63, 3.8) is 0 Å². The maximum absolute atomic E-state index is 4.60. The van der Waals surface area contributed by atoms with Gasteiger partial charge in [-0.1, -0.05) is 12.1 Å². The highest BCUT2D eigenvalue weighted by Gasteiger charge is 2.10. The first-order chi connectivity index (χ1) is 9.19. The zero-order valence-corrected chi connectivity index (χ0v) is 11.6. The number of fused-ring (bicyclic) bond motifs is 1. The van der Waals surface area contributed by atoms with Crippen LogP contribution in [0.2, 0.25) is 0 Å². The van der Waals surface area contributed by atoms with Crippen LogP contribution in [0.1, 0.15) is 24.1 Å². The van der Waals surface area contributed by atoms with Crippen LogP contribution in [0.25, 0.3) is 11.0 Å². The fourth-order valence-corrected chi connectivity index (χ4v) is 2.56. The van der Waals surface area contributed by atoms with Gasteiger partial charge in [0.25, 0.3) is 0 Å². The summed E-state index contributed by atoms with van der Waals surface area (Å²) >= 11 is 0. The lowest BCUT2D eigenvalue weighted by Gasteiger charge is -2.08. The Bertz CT molecular complexity index is 721. The number of hydrogen-bond donors (Lipinski definition) is 0. The second-order valence-electron chi connectivity index (χ2n) is 4.83. The van der Waals surface area contributed by atoms with Crippen LogP contribution in [0.5, 0.6) is 0 Å². The summed E-state index contributed by atoms with van der Waals surface area (Å²) in [4.78, 5) is 4.60.